The third-order valence-corrected chi connectivity index (χ3v) is 5.42. The van der Waals surface area contributed by atoms with Crippen molar-refractivity contribution >= 4 is 17.7 Å². The maximum absolute atomic E-state index is 13.0. The Labute approximate surface area is 194 Å². The fourth-order valence-electron chi connectivity index (χ4n) is 3.48. The Balaban J connectivity index is 2.53. The number of ketones is 1. The highest BCUT2D eigenvalue weighted by atomic mass is 16.5. The number of carboxylic acid groups (broad SMARTS) is 1. The summed E-state index contributed by atoms with van der Waals surface area (Å²) in [5, 5.41) is 16.2. The molecule has 1 heterocycles. The zero-order valence-corrected chi connectivity index (χ0v) is 20.0. The number of nitrogens with zero attached hydrogens (tertiary/aromatic N) is 2. The van der Waals surface area contributed by atoms with Crippen LogP contribution in [-0.2, 0) is 16.1 Å². The van der Waals surface area contributed by atoms with E-state index in [0.29, 0.717) is 29.3 Å². The van der Waals surface area contributed by atoms with Crippen LogP contribution in [0.15, 0.2) is 24.3 Å². The van der Waals surface area contributed by atoms with Crippen molar-refractivity contribution in [1.29, 1.82) is 0 Å². The van der Waals surface area contributed by atoms with E-state index in [1.54, 1.807) is 43.2 Å². The molecule has 0 radical (unpaired) electrons. The van der Waals surface area contributed by atoms with Gasteiger partial charge in [-0.1, -0.05) is 40.2 Å². The highest BCUT2D eigenvalue weighted by molar-refractivity contribution is 6.35. The molecule has 2 rings (SSSR count). The number of aromatic nitrogens is 2. The molecule has 0 spiro atoms. The summed E-state index contributed by atoms with van der Waals surface area (Å²) in [5.74, 6) is -1.84. The second-order valence-corrected chi connectivity index (χ2v) is 8.47. The van der Waals surface area contributed by atoms with Crippen LogP contribution in [0.2, 0.25) is 0 Å². The van der Waals surface area contributed by atoms with Gasteiger partial charge in [0.05, 0.1) is 31.5 Å². The van der Waals surface area contributed by atoms with Gasteiger partial charge in [-0.25, -0.2) is 4.79 Å². The Kier molecular flexibility index (Phi) is 9.02. The molecule has 0 saturated carbocycles. The molecule has 0 fully saturated rings. The summed E-state index contributed by atoms with van der Waals surface area (Å²) in [6.45, 7) is 8.39. The van der Waals surface area contributed by atoms with Crippen LogP contribution in [0.5, 0.6) is 11.5 Å². The monoisotopic (exact) mass is 459 g/mol. The van der Waals surface area contributed by atoms with Crippen molar-refractivity contribution in [3.8, 4) is 22.8 Å². The summed E-state index contributed by atoms with van der Waals surface area (Å²) in [5.41, 5.74) is 1.35. The lowest BCUT2D eigenvalue weighted by Crippen LogP contribution is -2.44. The fraction of sp³-hybridized carbons (Fsp3) is 0.500. The molecule has 2 N–H and O–H groups in total. The molecule has 180 valence electrons. The van der Waals surface area contributed by atoms with Crippen molar-refractivity contribution < 1.29 is 29.0 Å². The SMILES string of the molecule is CCC(C)Cn1nc(C(=O)N[C@@H](CC(C)C)C(=O)C(=O)O)cc1-c1c(OC)cccc1OC. The van der Waals surface area contributed by atoms with E-state index in [2.05, 4.69) is 24.3 Å². The van der Waals surface area contributed by atoms with Gasteiger partial charge in [-0.05, 0) is 36.5 Å². The molecule has 0 aliphatic rings. The summed E-state index contributed by atoms with van der Waals surface area (Å²) >= 11 is 0. The predicted octanol–water partition coefficient (Wildman–Crippen LogP) is 3.41. The molecule has 1 amide bonds. The van der Waals surface area contributed by atoms with E-state index in [1.165, 1.54) is 0 Å². The third-order valence-electron chi connectivity index (χ3n) is 5.42. The number of ether oxygens (including phenoxy) is 2. The minimum absolute atomic E-state index is 0.00923. The van der Waals surface area contributed by atoms with Gasteiger partial charge >= 0.3 is 5.97 Å². The number of amides is 1. The van der Waals surface area contributed by atoms with Gasteiger partial charge < -0.3 is 19.9 Å². The number of methoxy groups -OCH3 is 2. The number of aliphatic carboxylic acids is 1. The molecule has 2 aromatic rings. The van der Waals surface area contributed by atoms with Gasteiger partial charge in [0.1, 0.15) is 11.5 Å². The van der Waals surface area contributed by atoms with Crippen LogP contribution in [0, 0.1) is 11.8 Å². The second-order valence-electron chi connectivity index (χ2n) is 8.47. The molecule has 0 aliphatic heterocycles. The number of benzene rings is 1. The van der Waals surface area contributed by atoms with Gasteiger partial charge in [0.25, 0.3) is 11.7 Å². The van der Waals surface area contributed by atoms with E-state index in [1.807, 2.05) is 13.8 Å². The van der Waals surface area contributed by atoms with Crippen molar-refractivity contribution in [3.63, 3.8) is 0 Å². The van der Waals surface area contributed by atoms with Crippen LogP contribution >= 0.6 is 0 Å². The summed E-state index contributed by atoms with van der Waals surface area (Å²) in [7, 11) is 3.10. The molecule has 0 saturated heterocycles. The Hall–Kier alpha value is -3.36. The number of carboxylic acids is 1. The third kappa shape index (κ3) is 6.34. The Morgan fingerprint density at radius 1 is 1.12 bits per heavy atom. The zero-order chi connectivity index (χ0) is 24.7. The highest BCUT2D eigenvalue weighted by Gasteiger charge is 2.29. The van der Waals surface area contributed by atoms with Crippen molar-refractivity contribution in [3.05, 3.63) is 30.0 Å². The van der Waals surface area contributed by atoms with Crippen molar-refractivity contribution in [2.24, 2.45) is 11.8 Å². The van der Waals surface area contributed by atoms with Gasteiger partial charge in [0.2, 0.25) is 0 Å². The molecule has 1 aromatic heterocycles. The first-order chi connectivity index (χ1) is 15.6. The Morgan fingerprint density at radius 2 is 1.73 bits per heavy atom. The van der Waals surface area contributed by atoms with E-state index >= 15 is 0 Å². The minimum atomic E-state index is -1.58. The minimum Gasteiger partial charge on any atom is -0.496 e. The van der Waals surface area contributed by atoms with Crippen LogP contribution in [0.1, 0.15) is 51.0 Å². The Morgan fingerprint density at radius 3 is 2.21 bits per heavy atom. The quantitative estimate of drug-likeness (QED) is 0.467. The number of carbonyl (C=O) groups excluding carboxylic acids is 2. The van der Waals surface area contributed by atoms with Crippen LogP contribution < -0.4 is 14.8 Å². The van der Waals surface area contributed by atoms with E-state index in [9.17, 15) is 14.4 Å². The maximum Gasteiger partial charge on any atom is 0.374 e. The van der Waals surface area contributed by atoms with E-state index < -0.39 is 23.7 Å². The average molecular weight is 460 g/mol. The van der Waals surface area contributed by atoms with Gasteiger partial charge in [-0.2, -0.15) is 5.10 Å². The number of hydrogen-bond acceptors (Lipinski definition) is 6. The van der Waals surface area contributed by atoms with Gasteiger partial charge in [0, 0.05) is 6.54 Å². The predicted molar refractivity (Wildman–Crippen MR) is 124 cm³/mol. The number of rotatable bonds is 12. The first-order valence-corrected chi connectivity index (χ1v) is 11.0. The number of nitrogens with one attached hydrogen (secondary N) is 1. The molecule has 0 aliphatic carbocycles. The van der Waals surface area contributed by atoms with Crippen molar-refractivity contribution in [1.82, 2.24) is 15.1 Å². The lowest BCUT2D eigenvalue weighted by molar-refractivity contribution is -0.150. The largest absolute Gasteiger partial charge is 0.496 e. The van der Waals surface area contributed by atoms with E-state index in [0.717, 1.165) is 6.42 Å². The summed E-state index contributed by atoms with van der Waals surface area (Å²) in [4.78, 5) is 36.4. The number of hydrogen-bond donors (Lipinski definition) is 2. The second kappa shape index (κ2) is 11.5. The van der Waals surface area contributed by atoms with Crippen LogP contribution in [0.4, 0.5) is 0 Å². The molecule has 9 nitrogen and oxygen atoms in total. The molecular weight excluding hydrogens is 426 g/mol. The maximum atomic E-state index is 13.0. The summed E-state index contributed by atoms with van der Waals surface area (Å²) < 4.78 is 12.8. The van der Waals surface area contributed by atoms with Crippen LogP contribution in [0.25, 0.3) is 11.3 Å². The van der Waals surface area contributed by atoms with Crippen LogP contribution in [-0.4, -0.2) is 52.8 Å². The van der Waals surface area contributed by atoms with Gasteiger partial charge in [0.15, 0.2) is 5.69 Å². The summed E-state index contributed by atoms with van der Waals surface area (Å²) in [6.07, 6.45) is 1.12. The molecule has 0 bridgehead atoms. The normalized spacial score (nSPS) is 12.8. The molecule has 1 unspecified atom stereocenters. The molecule has 2 atom stereocenters. The summed E-state index contributed by atoms with van der Waals surface area (Å²) in [6, 6.07) is 5.86. The standard InChI is InChI=1S/C24H33N3O6/c1-7-15(4)13-27-18(21-19(32-5)9-8-10-20(21)33-6)12-17(26-27)23(29)25-16(11-14(2)3)22(28)24(30)31/h8-10,12,14-16H,7,11,13H2,1-6H3,(H,25,29)(H,30,31)/t15?,16-/m0/s1. The van der Waals surface area contributed by atoms with Crippen LogP contribution in [0.3, 0.4) is 0 Å². The van der Waals surface area contributed by atoms with Crippen molar-refractivity contribution in [2.45, 2.75) is 53.1 Å². The van der Waals surface area contributed by atoms with E-state index in [4.69, 9.17) is 14.6 Å². The average Bonchev–Trinajstić information content (AvgIpc) is 3.20. The van der Waals surface area contributed by atoms with E-state index in [-0.39, 0.29) is 24.0 Å². The zero-order valence-electron chi connectivity index (χ0n) is 20.0. The Bertz CT molecular complexity index is 976. The first kappa shape index (κ1) is 25.9. The lowest BCUT2D eigenvalue weighted by Gasteiger charge is -2.17. The number of Topliss-reactive ketones (excluding diaryl/α,β-unsaturated/α-hetero) is 1. The fourth-order valence-corrected chi connectivity index (χ4v) is 3.48. The lowest BCUT2D eigenvalue weighted by atomic mass is 10.00. The number of carbonyl (C=O) groups is 3. The van der Waals surface area contributed by atoms with Crippen molar-refractivity contribution in [2.75, 3.05) is 14.2 Å². The molecule has 1 aromatic carbocycles. The topological polar surface area (TPSA) is 120 Å². The van der Waals surface area contributed by atoms with Gasteiger partial charge in [-0.15, -0.1) is 0 Å². The smallest absolute Gasteiger partial charge is 0.374 e. The highest BCUT2D eigenvalue weighted by Crippen LogP contribution is 2.38. The van der Waals surface area contributed by atoms with Gasteiger partial charge in [-0.3, -0.25) is 14.3 Å². The molecular formula is C24H33N3O6. The molecule has 33 heavy (non-hydrogen) atoms. The molecule has 9 heteroatoms. The first-order valence-electron chi connectivity index (χ1n) is 11.0.